The molecule has 0 saturated carbocycles. The molecule has 0 aliphatic rings. The summed E-state index contributed by atoms with van der Waals surface area (Å²) in [5.41, 5.74) is 0.932. The summed E-state index contributed by atoms with van der Waals surface area (Å²) in [5, 5.41) is 3.59. The molecule has 0 heterocycles. The molecule has 44 heavy (non-hydrogen) atoms. The van der Waals surface area contributed by atoms with Crippen LogP contribution in [0.4, 0.5) is 5.69 Å². The van der Waals surface area contributed by atoms with E-state index in [0.717, 1.165) is 22.0 Å². The van der Waals surface area contributed by atoms with E-state index in [-0.39, 0.29) is 23.0 Å². The van der Waals surface area contributed by atoms with Gasteiger partial charge in [-0.05, 0) is 92.2 Å². The van der Waals surface area contributed by atoms with Crippen LogP contribution in [0.15, 0.2) is 76.5 Å². The normalized spacial score (nSPS) is 12.0. The Bertz CT molecular complexity index is 1500. The van der Waals surface area contributed by atoms with Gasteiger partial charge in [-0.15, -0.1) is 11.8 Å². The number of thioether (sulfide) groups is 1. The highest BCUT2D eigenvalue weighted by Gasteiger charge is 2.33. The second kappa shape index (κ2) is 17.0. The Morgan fingerprint density at radius 2 is 1.64 bits per heavy atom. The van der Waals surface area contributed by atoms with Gasteiger partial charge in [-0.1, -0.05) is 49.5 Å². The lowest BCUT2D eigenvalue weighted by molar-refractivity contribution is -0.140. The maximum atomic E-state index is 14.2. The zero-order valence-electron chi connectivity index (χ0n) is 25.4. The van der Waals surface area contributed by atoms with E-state index in [1.807, 2.05) is 27.0 Å². The van der Waals surface area contributed by atoms with Gasteiger partial charge in [-0.2, -0.15) is 0 Å². The van der Waals surface area contributed by atoms with Gasteiger partial charge in [0.1, 0.15) is 18.3 Å². The Labute approximate surface area is 275 Å². The first-order chi connectivity index (χ1) is 21.0. The van der Waals surface area contributed by atoms with Crippen molar-refractivity contribution in [2.45, 2.75) is 62.4 Å². The zero-order valence-corrected chi connectivity index (χ0v) is 28.5. The highest BCUT2D eigenvalue weighted by Crippen LogP contribution is 2.29. The van der Waals surface area contributed by atoms with Crippen molar-refractivity contribution in [3.63, 3.8) is 0 Å². The van der Waals surface area contributed by atoms with Crippen LogP contribution in [0.25, 0.3) is 0 Å². The largest absolute Gasteiger partial charge is 0.494 e. The average Bonchev–Trinajstić information content (AvgIpc) is 3.02. The summed E-state index contributed by atoms with van der Waals surface area (Å²) < 4.78 is 34.8. The molecule has 0 aliphatic carbocycles. The number of anilines is 1. The number of ether oxygens (including phenoxy) is 1. The molecule has 1 N–H and O–H groups in total. The number of benzene rings is 3. The van der Waals surface area contributed by atoms with Gasteiger partial charge in [0.05, 0.1) is 27.2 Å². The number of unbranched alkanes of at least 4 members (excludes halogenated alkanes) is 1. The molecule has 1 unspecified atom stereocenters. The predicted molar refractivity (Wildman–Crippen MR) is 179 cm³/mol. The summed E-state index contributed by atoms with van der Waals surface area (Å²) in [5.74, 6) is -0.287. The fraction of sp³-hybridized carbons (Fsp3) is 0.375. The molecule has 8 nitrogen and oxygen atoms in total. The standard InChI is InChI=1S/C32H39Cl2N3O5S2/c1-5-8-19-35-32(39)30(6-2)36(21-23-9-18-28(33)29(34)20-23)31(38)22-37(24-10-12-25(13-11-24)42-7-3)44(40,41)27-16-14-26(43-4)15-17-27/h9-18,20,30H,5-8,19,21-22H2,1-4H3,(H,35,39). The van der Waals surface area contributed by atoms with Crippen molar-refractivity contribution in [1.29, 1.82) is 0 Å². The summed E-state index contributed by atoms with van der Waals surface area (Å²) >= 11 is 13.9. The Kier molecular flexibility index (Phi) is 13.7. The molecule has 3 aromatic rings. The Morgan fingerprint density at radius 1 is 0.955 bits per heavy atom. The van der Waals surface area contributed by atoms with E-state index in [2.05, 4.69) is 5.32 Å². The number of carbonyl (C=O) groups is 2. The summed E-state index contributed by atoms with van der Waals surface area (Å²) in [6.45, 7) is 6.09. The van der Waals surface area contributed by atoms with Crippen molar-refractivity contribution in [3.8, 4) is 5.75 Å². The Morgan fingerprint density at radius 3 is 2.20 bits per heavy atom. The minimum absolute atomic E-state index is 0.0228. The van der Waals surface area contributed by atoms with Gasteiger partial charge in [-0.3, -0.25) is 13.9 Å². The first kappa shape index (κ1) is 35.6. The van der Waals surface area contributed by atoms with E-state index in [0.29, 0.717) is 40.9 Å². The quantitative estimate of drug-likeness (QED) is 0.129. The lowest BCUT2D eigenvalue weighted by atomic mass is 10.1. The second-order valence-electron chi connectivity index (χ2n) is 9.95. The van der Waals surface area contributed by atoms with E-state index in [1.54, 1.807) is 54.6 Å². The fourth-order valence-corrected chi connectivity index (χ4v) is 6.68. The number of nitrogens with zero attached hydrogens (tertiary/aromatic N) is 2. The zero-order chi connectivity index (χ0) is 32.3. The second-order valence-corrected chi connectivity index (χ2v) is 13.5. The van der Waals surface area contributed by atoms with Crippen LogP contribution in [-0.4, -0.2) is 57.1 Å². The van der Waals surface area contributed by atoms with Gasteiger partial charge < -0.3 is 15.0 Å². The molecule has 12 heteroatoms. The third-order valence-corrected chi connectivity index (χ3v) is 10.2. The van der Waals surface area contributed by atoms with Crippen molar-refractivity contribution < 1.29 is 22.7 Å². The van der Waals surface area contributed by atoms with Crippen LogP contribution in [0.1, 0.15) is 45.6 Å². The van der Waals surface area contributed by atoms with Gasteiger partial charge >= 0.3 is 0 Å². The van der Waals surface area contributed by atoms with Crippen molar-refractivity contribution in [2.75, 3.05) is 30.3 Å². The molecule has 0 spiro atoms. The third-order valence-electron chi connectivity index (χ3n) is 6.91. The van der Waals surface area contributed by atoms with E-state index < -0.39 is 28.5 Å². The van der Waals surface area contributed by atoms with Crippen molar-refractivity contribution in [1.82, 2.24) is 10.2 Å². The van der Waals surface area contributed by atoms with Gasteiger partial charge in [0.15, 0.2) is 0 Å². The average molecular weight is 681 g/mol. The van der Waals surface area contributed by atoms with E-state index in [4.69, 9.17) is 27.9 Å². The number of carbonyl (C=O) groups excluding carboxylic acids is 2. The van der Waals surface area contributed by atoms with Crippen LogP contribution in [0.3, 0.4) is 0 Å². The minimum atomic E-state index is -4.19. The highest BCUT2D eigenvalue weighted by molar-refractivity contribution is 7.98. The molecule has 0 aromatic heterocycles. The first-order valence-electron chi connectivity index (χ1n) is 14.5. The molecule has 0 fully saturated rings. The van der Waals surface area contributed by atoms with Gasteiger partial charge in [-0.25, -0.2) is 8.42 Å². The predicted octanol–water partition coefficient (Wildman–Crippen LogP) is 7.03. The van der Waals surface area contributed by atoms with E-state index in [1.165, 1.54) is 28.8 Å². The van der Waals surface area contributed by atoms with E-state index in [9.17, 15) is 18.0 Å². The monoisotopic (exact) mass is 679 g/mol. The summed E-state index contributed by atoms with van der Waals surface area (Å²) in [4.78, 5) is 29.9. The van der Waals surface area contributed by atoms with Crippen LogP contribution in [0, 0.1) is 0 Å². The minimum Gasteiger partial charge on any atom is -0.494 e. The van der Waals surface area contributed by atoms with Gasteiger partial charge in [0.25, 0.3) is 10.0 Å². The van der Waals surface area contributed by atoms with Crippen LogP contribution < -0.4 is 14.4 Å². The summed E-state index contributed by atoms with van der Waals surface area (Å²) in [6, 6.07) is 17.2. The first-order valence-corrected chi connectivity index (χ1v) is 17.9. The van der Waals surface area contributed by atoms with Crippen LogP contribution >= 0.6 is 35.0 Å². The van der Waals surface area contributed by atoms with E-state index >= 15 is 0 Å². The topological polar surface area (TPSA) is 96.0 Å². The SMILES string of the molecule is CCCCNC(=O)C(CC)N(Cc1ccc(Cl)c(Cl)c1)C(=O)CN(c1ccc(OCC)cc1)S(=O)(=O)c1ccc(SC)cc1. The number of amides is 2. The molecule has 0 bridgehead atoms. The third kappa shape index (κ3) is 9.30. The Hall–Kier alpha value is -2.92. The van der Waals surface area contributed by atoms with Crippen LogP contribution in [0.2, 0.25) is 10.0 Å². The number of rotatable bonds is 16. The number of nitrogens with one attached hydrogen (secondary N) is 1. The highest BCUT2D eigenvalue weighted by atomic mass is 35.5. The summed E-state index contributed by atoms with van der Waals surface area (Å²) in [7, 11) is -4.19. The maximum Gasteiger partial charge on any atom is 0.264 e. The number of hydrogen-bond donors (Lipinski definition) is 1. The molecule has 3 aromatic carbocycles. The van der Waals surface area contributed by atoms with Crippen molar-refractivity contribution in [2.24, 2.45) is 0 Å². The van der Waals surface area contributed by atoms with Crippen molar-refractivity contribution in [3.05, 3.63) is 82.3 Å². The lowest BCUT2D eigenvalue weighted by Gasteiger charge is -2.33. The number of hydrogen-bond acceptors (Lipinski definition) is 6. The summed E-state index contributed by atoms with van der Waals surface area (Å²) in [6.07, 6.45) is 3.91. The number of halogens is 2. The molecule has 2 amide bonds. The fourth-order valence-electron chi connectivity index (χ4n) is 4.54. The molecule has 0 radical (unpaired) electrons. The van der Waals surface area contributed by atoms with Gasteiger partial charge in [0.2, 0.25) is 11.8 Å². The van der Waals surface area contributed by atoms with Crippen LogP contribution in [0.5, 0.6) is 5.75 Å². The molecule has 3 rings (SSSR count). The molecular weight excluding hydrogens is 641 g/mol. The van der Waals surface area contributed by atoms with Gasteiger partial charge in [0, 0.05) is 18.0 Å². The maximum absolute atomic E-state index is 14.2. The smallest absolute Gasteiger partial charge is 0.264 e. The Balaban J connectivity index is 2.06. The molecule has 238 valence electrons. The van der Waals surface area contributed by atoms with Crippen LogP contribution in [-0.2, 0) is 26.2 Å². The molecule has 1 atom stereocenters. The number of sulfonamides is 1. The lowest BCUT2D eigenvalue weighted by Crippen LogP contribution is -2.52. The molecular formula is C32H39Cl2N3O5S2. The van der Waals surface area contributed by atoms with Crippen molar-refractivity contribution >= 4 is 62.5 Å². The molecule has 0 saturated heterocycles. The molecule has 0 aliphatic heterocycles.